The molecular weight excluding hydrogens is 395 g/mol. The zero-order valence-corrected chi connectivity index (χ0v) is 14.1. The fourth-order valence-electron chi connectivity index (χ4n) is 1.67. The molecule has 0 saturated carbocycles. The molecule has 2 aromatic rings. The van der Waals surface area contributed by atoms with Crippen LogP contribution in [0.2, 0.25) is 0 Å². The van der Waals surface area contributed by atoms with E-state index in [4.69, 9.17) is 15.3 Å². The number of benzene rings is 2. The van der Waals surface area contributed by atoms with Gasteiger partial charge in [0, 0.05) is 9.13 Å². The predicted octanol–water partition coefficient (Wildman–Crippen LogP) is 3.17. The van der Waals surface area contributed by atoms with E-state index in [2.05, 4.69) is 27.7 Å². The van der Waals surface area contributed by atoms with Crippen LogP contribution in [0.4, 0.5) is 0 Å². The summed E-state index contributed by atoms with van der Waals surface area (Å²) in [5.41, 5.74) is 6.86. The highest BCUT2D eigenvalue weighted by molar-refractivity contribution is 14.1. The molecule has 0 aliphatic heterocycles. The minimum atomic E-state index is -0.573. The first-order valence-corrected chi connectivity index (χ1v) is 7.71. The molecule has 114 valence electrons. The minimum absolute atomic E-state index is 0.149. The van der Waals surface area contributed by atoms with Crippen LogP contribution in [-0.4, -0.2) is 18.4 Å². The second-order valence-electron chi connectivity index (χ2n) is 4.32. The molecule has 0 aliphatic rings. The Kier molecular flexibility index (Phi) is 5.76. The maximum Gasteiger partial charge on any atom is 0.365 e. The zero-order valence-electron chi connectivity index (χ0n) is 12.0. The molecule has 2 N–H and O–H groups in total. The third-order valence-electron chi connectivity index (χ3n) is 2.77. The fourth-order valence-corrected chi connectivity index (χ4v) is 2.03. The standard InChI is InChI=1S/C16H15IN2O3/c1-2-21-14-9-5-12(6-10-14)16(20)22-19-15(18)11-3-7-13(17)8-4-11/h3-10H,2H2,1H3,(H2,18,19). The number of ether oxygens (including phenoxy) is 1. The molecule has 0 aliphatic carbocycles. The molecule has 2 aromatic carbocycles. The molecule has 22 heavy (non-hydrogen) atoms. The number of rotatable bonds is 5. The summed E-state index contributed by atoms with van der Waals surface area (Å²) in [5.74, 6) is 0.271. The summed E-state index contributed by atoms with van der Waals surface area (Å²) in [6.45, 7) is 2.46. The van der Waals surface area contributed by atoms with Crippen molar-refractivity contribution >= 4 is 34.4 Å². The molecule has 0 spiro atoms. The molecule has 5 nitrogen and oxygen atoms in total. The van der Waals surface area contributed by atoms with Gasteiger partial charge in [-0.1, -0.05) is 17.3 Å². The van der Waals surface area contributed by atoms with E-state index in [1.807, 2.05) is 31.2 Å². The number of carbonyl (C=O) groups is 1. The molecule has 6 heteroatoms. The summed E-state index contributed by atoms with van der Waals surface area (Å²) in [6, 6.07) is 14.0. The molecule has 2 rings (SSSR count). The number of hydrogen-bond donors (Lipinski definition) is 1. The molecule has 0 aromatic heterocycles. The summed E-state index contributed by atoms with van der Waals surface area (Å²) in [4.78, 5) is 16.7. The first-order valence-electron chi connectivity index (χ1n) is 6.63. The van der Waals surface area contributed by atoms with Gasteiger partial charge in [-0.2, -0.15) is 0 Å². The topological polar surface area (TPSA) is 73.9 Å². The van der Waals surface area contributed by atoms with Crippen molar-refractivity contribution in [1.82, 2.24) is 0 Å². The zero-order chi connectivity index (χ0) is 15.9. The minimum Gasteiger partial charge on any atom is -0.494 e. The molecule has 0 bridgehead atoms. The molecular formula is C16H15IN2O3. The van der Waals surface area contributed by atoms with Crippen LogP contribution >= 0.6 is 22.6 Å². The quantitative estimate of drug-likeness (QED) is 0.270. The predicted molar refractivity (Wildman–Crippen MR) is 92.9 cm³/mol. The van der Waals surface area contributed by atoms with Crippen LogP contribution < -0.4 is 10.5 Å². The lowest BCUT2D eigenvalue weighted by Crippen LogP contribution is -2.15. The second-order valence-corrected chi connectivity index (χ2v) is 5.57. The van der Waals surface area contributed by atoms with Gasteiger partial charge in [-0.25, -0.2) is 4.79 Å². The summed E-state index contributed by atoms with van der Waals surface area (Å²) < 4.78 is 6.39. The van der Waals surface area contributed by atoms with Gasteiger partial charge in [-0.15, -0.1) is 0 Å². The summed E-state index contributed by atoms with van der Waals surface area (Å²) >= 11 is 2.19. The van der Waals surface area contributed by atoms with E-state index in [1.165, 1.54) is 0 Å². The molecule has 0 unspecified atom stereocenters. The van der Waals surface area contributed by atoms with Gasteiger partial charge in [0.25, 0.3) is 0 Å². The van der Waals surface area contributed by atoms with Gasteiger partial charge in [0.05, 0.1) is 12.2 Å². The Morgan fingerprint density at radius 3 is 2.27 bits per heavy atom. The van der Waals surface area contributed by atoms with Gasteiger partial charge >= 0.3 is 5.97 Å². The van der Waals surface area contributed by atoms with Crippen LogP contribution in [0.15, 0.2) is 53.7 Å². The highest BCUT2D eigenvalue weighted by Crippen LogP contribution is 2.13. The van der Waals surface area contributed by atoms with Gasteiger partial charge in [0.2, 0.25) is 0 Å². The van der Waals surface area contributed by atoms with Crippen LogP contribution in [0, 0.1) is 3.57 Å². The fraction of sp³-hybridized carbons (Fsp3) is 0.125. The maximum atomic E-state index is 11.9. The normalized spacial score (nSPS) is 11.1. The lowest BCUT2D eigenvalue weighted by molar-refractivity contribution is 0.0516. The third-order valence-corrected chi connectivity index (χ3v) is 3.49. The Morgan fingerprint density at radius 1 is 1.09 bits per heavy atom. The highest BCUT2D eigenvalue weighted by atomic mass is 127. The molecule has 0 atom stereocenters. The van der Waals surface area contributed by atoms with E-state index in [0.29, 0.717) is 23.5 Å². The van der Waals surface area contributed by atoms with E-state index >= 15 is 0 Å². The first kappa shape index (κ1) is 16.3. The molecule has 0 saturated heterocycles. The SMILES string of the molecule is CCOc1ccc(C(=O)ON=C(N)c2ccc(I)cc2)cc1. The van der Waals surface area contributed by atoms with Crippen molar-refractivity contribution in [3.8, 4) is 5.75 Å². The maximum absolute atomic E-state index is 11.9. The van der Waals surface area contributed by atoms with Crippen molar-refractivity contribution in [2.45, 2.75) is 6.92 Å². The Morgan fingerprint density at radius 2 is 1.68 bits per heavy atom. The number of amidine groups is 1. The largest absolute Gasteiger partial charge is 0.494 e. The van der Waals surface area contributed by atoms with E-state index in [1.54, 1.807) is 24.3 Å². The number of oxime groups is 1. The van der Waals surface area contributed by atoms with Gasteiger partial charge in [0.1, 0.15) is 5.75 Å². The lowest BCUT2D eigenvalue weighted by atomic mass is 10.2. The van der Waals surface area contributed by atoms with Gasteiger partial charge in [-0.3, -0.25) is 0 Å². The van der Waals surface area contributed by atoms with Gasteiger partial charge in [-0.05, 0) is 65.9 Å². The van der Waals surface area contributed by atoms with Crippen molar-refractivity contribution in [3.05, 3.63) is 63.2 Å². The van der Waals surface area contributed by atoms with Crippen LogP contribution in [0.3, 0.4) is 0 Å². The van der Waals surface area contributed by atoms with Crippen LogP contribution in [0.1, 0.15) is 22.8 Å². The van der Waals surface area contributed by atoms with Gasteiger partial charge < -0.3 is 15.3 Å². The van der Waals surface area contributed by atoms with E-state index in [0.717, 1.165) is 3.57 Å². The first-order chi connectivity index (χ1) is 10.6. The lowest BCUT2D eigenvalue weighted by Gasteiger charge is -2.04. The average Bonchev–Trinajstić information content (AvgIpc) is 2.54. The van der Waals surface area contributed by atoms with E-state index < -0.39 is 5.97 Å². The number of hydrogen-bond acceptors (Lipinski definition) is 4. The number of nitrogens with two attached hydrogens (primary N) is 1. The summed E-state index contributed by atoms with van der Waals surface area (Å²) in [7, 11) is 0. The van der Waals surface area contributed by atoms with Crippen LogP contribution in [0.5, 0.6) is 5.75 Å². The third kappa shape index (κ3) is 4.45. The Bertz CT molecular complexity index is 667. The molecule has 0 amide bonds. The monoisotopic (exact) mass is 410 g/mol. The Balaban J connectivity index is 2.01. The molecule has 0 fully saturated rings. The Labute approximate surface area is 142 Å². The van der Waals surface area contributed by atoms with Crippen molar-refractivity contribution in [2.75, 3.05) is 6.61 Å². The van der Waals surface area contributed by atoms with Gasteiger partial charge in [0.15, 0.2) is 5.84 Å². The summed E-state index contributed by atoms with van der Waals surface area (Å²) in [6.07, 6.45) is 0. The highest BCUT2D eigenvalue weighted by Gasteiger charge is 2.08. The van der Waals surface area contributed by atoms with Crippen molar-refractivity contribution in [2.24, 2.45) is 10.9 Å². The van der Waals surface area contributed by atoms with Crippen molar-refractivity contribution in [1.29, 1.82) is 0 Å². The average molecular weight is 410 g/mol. The second kappa shape index (κ2) is 7.79. The van der Waals surface area contributed by atoms with Crippen molar-refractivity contribution in [3.63, 3.8) is 0 Å². The van der Waals surface area contributed by atoms with Crippen LogP contribution in [-0.2, 0) is 4.84 Å². The Hall–Kier alpha value is -2.09. The number of nitrogens with zero attached hydrogens (tertiary/aromatic N) is 1. The number of carbonyl (C=O) groups excluding carboxylic acids is 1. The van der Waals surface area contributed by atoms with E-state index in [-0.39, 0.29) is 5.84 Å². The van der Waals surface area contributed by atoms with Crippen molar-refractivity contribution < 1.29 is 14.4 Å². The van der Waals surface area contributed by atoms with E-state index in [9.17, 15) is 4.79 Å². The summed E-state index contributed by atoms with van der Waals surface area (Å²) in [5, 5.41) is 3.67. The smallest absolute Gasteiger partial charge is 0.365 e. The molecule has 0 radical (unpaired) electrons. The number of halogens is 1. The van der Waals surface area contributed by atoms with Crippen LogP contribution in [0.25, 0.3) is 0 Å². The molecule has 0 heterocycles.